The molecule has 0 saturated heterocycles. The van der Waals surface area contributed by atoms with Gasteiger partial charge in [0.1, 0.15) is 0 Å². The molecule has 0 aliphatic carbocycles. The van der Waals surface area contributed by atoms with Gasteiger partial charge >= 0.3 is 40.7 Å². The van der Waals surface area contributed by atoms with Crippen molar-refractivity contribution in [2.75, 3.05) is 0 Å². The fourth-order valence-corrected chi connectivity index (χ4v) is 0. The fraction of sp³-hybridized carbons (Fsp3) is 0. The third-order valence-electron chi connectivity index (χ3n) is 0. The molecule has 0 amide bonds. The van der Waals surface area contributed by atoms with Crippen molar-refractivity contribution in [3.8, 4) is 0 Å². The SMILES string of the molecule is [Mn].[SeH2].[TeH2].[Zn]. The summed E-state index contributed by atoms with van der Waals surface area (Å²) in [6, 6.07) is 0. The Balaban J connectivity index is 0. The van der Waals surface area contributed by atoms with Crippen LogP contribution in [0.1, 0.15) is 0 Å². The van der Waals surface area contributed by atoms with Gasteiger partial charge in [0.2, 0.25) is 0 Å². The van der Waals surface area contributed by atoms with Crippen LogP contribution in [-0.2, 0) is 36.5 Å². The van der Waals surface area contributed by atoms with E-state index in [0.717, 1.165) is 0 Å². The molecule has 0 aromatic heterocycles. The van der Waals surface area contributed by atoms with Gasteiger partial charge in [-0.3, -0.25) is 0 Å². The maximum absolute atomic E-state index is 0. The smallest absolute Gasteiger partial charge is 0 e. The van der Waals surface area contributed by atoms with Gasteiger partial charge in [0.25, 0.3) is 0 Å². The minimum Gasteiger partial charge on any atom is 0 e. The van der Waals surface area contributed by atoms with Gasteiger partial charge in [0, 0.05) is 36.5 Å². The maximum atomic E-state index is 0. The molecule has 0 fully saturated rings. The zero-order chi connectivity index (χ0) is 0. The van der Waals surface area contributed by atoms with Crippen LogP contribution in [0.3, 0.4) is 0 Å². The molecule has 4 heavy (non-hydrogen) atoms. The Hall–Kier alpha value is 2.45. The summed E-state index contributed by atoms with van der Waals surface area (Å²) in [5, 5.41) is 0. The first-order chi connectivity index (χ1) is 0. The Morgan fingerprint density at radius 3 is 1.00 bits per heavy atom. The van der Waals surface area contributed by atoms with Crippen molar-refractivity contribution < 1.29 is 36.5 Å². The van der Waals surface area contributed by atoms with Gasteiger partial charge in [-0.2, -0.15) is 0 Å². The van der Waals surface area contributed by atoms with Crippen molar-refractivity contribution in [1.29, 1.82) is 0 Å². The van der Waals surface area contributed by atoms with Gasteiger partial charge in [0.15, 0.2) is 0 Å². The van der Waals surface area contributed by atoms with E-state index < -0.39 is 0 Å². The molecule has 0 aliphatic rings. The molecule has 25 valence electrons. The first-order valence-corrected chi connectivity index (χ1v) is 0. The molecule has 4 heteroatoms. The van der Waals surface area contributed by atoms with Crippen LogP contribution in [0.25, 0.3) is 0 Å². The Bertz CT molecular complexity index is 8.00. The second kappa shape index (κ2) is 18.0. The van der Waals surface area contributed by atoms with E-state index in [2.05, 4.69) is 0 Å². The molecule has 0 aromatic carbocycles. The third kappa shape index (κ3) is 8.82. The van der Waals surface area contributed by atoms with E-state index in [1.165, 1.54) is 0 Å². The summed E-state index contributed by atoms with van der Waals surface area (Å²) in [6.07, 6.45) is 0. The van der Waals surface area contributed by atoms with E-state index in [-0.39, 0.29) is 77.3 Å². The molecule has 0 rings (SSSR count). The van der Waals surface area contributed by atoms with E-state index >= 15 is 0 Å². The molecule has 0 spiro atoms. The average Bonchev–Trinajstić information content (AvgIpc) is 0. The Labute approximate surface area is 76.3 Å². The fourth-order valence-electron chi connectivity index (χ4n) is 0. The van der Waals surface area contributed by atoms with Crippen LogP contribution in [-0.4, -0.2) is 40.7 Å². The summed E-state index contributed by atoms with van der Waals surface area (Å²) in [5.41, 5.74) is 0. The molecule has 0 saturated carbocycles. The molecule has 0 unspecified atom stereocenters. The molecule has 0 N–H and O–H groups in total. The van der Waals surface area contributed by atoms with Gasteiger partial charge in [-0.25, -0.2) is 0 Å². The monoisotopic (exact) mass is 333 g/mol. The largest absolute Gasteiger partial charge is 0 e. The van der Waals surface area contributed by atoms with Crippen LogP contribution in [0.2, 0.25) is 0 Å². The van der Waals surface area contributed by atoms with E-state index in [0.29, 0.717) is 0 Å². The zero-order valence-corrected chi connectivity index (χ0v) is 11.2. The number of rotatable bonds is 0. The summed E-state index contributed by atoms with van der Waals surface area (Å²) in [6.45, 7) is 0. The van der Waals surface area contributed by atoms with E-state index in [4.69, 9.17) is 0 Å². The van der Waals surface area contributed by atoms with Crippen molar-refractivity contribution in [1.82, 2.24) is 0 Å². The average molecular weight is 331 g/mol. The summed E-state index contributed by atoms with van der Waals surface area (Å²) in [4.78, 5) is 0. The van der Waals surface area contributed by atoms with Crippen LogP contribution < -0.4 is 0 Å². The van der Waals surface area contributed by atoms with E-state index in [1.807, 2.05) is 0 Å². The normalized spacial score (nSPS) is 0. The van der Waals surface area contributed by atoms with Crippen molar-refractivity contribution in [3.05, 3.63) is 0 Å². The molecule has 0 aromatic rings. The van der Waals surface area contributed by atoms with Crippen molar-refractivity contribution in [2.45, 2.75) is 0 Å². The minimum absolute atomic E-state index is 0. The summed E-state index contributed by atoms with van der Waals surface area (Å²) in [5.74, 6) is 0. The summed E-state index contributed by atoms with van der Waals surface area (Å²) < 4.78 is 0. The van der Waals surface area contributed by atoms with Crippen molar-refractivity contribution >= 4 is 40.7 Å². The first kappa shape index (κ1) is 31.9. The third-order valence-corrected chi connectivity index (χ3v) is 0. The molecule has 0 atom stereocenters. The van der Waals surface area contributed by atoms with E-state index in [9.17, 15) is 0 Å². The second-order valence-corrected chi connectivity index (χ2v) is 0. The van der Waals surface area contributed by atoms with Crippen LogP contribution in [0.15, 0.2) is 0 Å². The van der Waals surface area contributed by atoms with Gasteiger partial charge in [-0.05, 0) is 0 Å². The molecule has 0 heterocycles. The molecule has 1 radical (unpaired) electrons. The summed E-state index contributed by atoms with van der Waals surface area (Å²) in [7, 11) is 0. The molecular weight excluding hydrogens is 327 g/mol. The topological polar surface area (TPSA) is 0 Å². The van der Waals surface area contributed by atoms with Crippen molar-refractivity contribution in [3.63, 3.8) is 0 Å². The molecule has 0 bridgehead atoms. The van der Waals surface area contributed by atoms with Gasteiger partial charge in [0.05, 0.1) is 0 Å². The van der Waals surface area contributed by atoms with Crippen LogP contribution >= 0.6 is 0 Å². The zero-order valence-electron chi connectivity index (χ0n) is 2.09. The number of hydrogen-bond acceptors (Lipinski definition) is 0. The Morgan fingerprint density at radius 1 is 1.00 bits per heavy atom. The Morgan fingerprint density at radius 2 is 1.00 bits per heavy atom. The van der Waals surface area contributed by atoms with E-state index in [1.54, 1.807) is 0 Å². The van der Waals surface area contributed by atoms with Crippen LogP contribution in [0.5, 0.6) is 0 Å². The van der Waals surface area contributed by atoms with Gasteiger partial charge in [-0.1, -0.05) is 0 Å². The second-order valence-electron chi connectivity index (χ2n) is 0. The van der Waals surface area contributed by atoms with Gasteiger partial charge in [-0.15, -0.1) is 0 Å². The quantitative estimate of drug-likeness (QED) is 0.458. The maximum Gasteiger partial charge on any atom is 0 e. The predicted octanol–water partition coefficient (Wildman–Crippen LogP) is -1.84. The predicted molar refractivity (Wildman–Crippen MR) is 17.1 cm³/mol. The molecule has 0 nitrogen and oxygen atoms in total. The summed E-state index contributed by atoms with van der Waals surface area (Å²) >= 11 is 0. The Kier molecular flexibility index (Phi) is 143. The molecule has 0 aliphatic heterocycles. The molecular formula is H4MnSeTeZn. The van der Waals surface area contributed by atoms with Crippen LogP contribution in [0.4, 0.5) is 0 Å². The first-order valence-electron chi connectivity index (χ1n) is 0. The number of hydrogen-bond donors (Lipinski definition) is 0. The standard InChI is InChI=1S/Mn.H2Se.H2Te.Zn/h;2*1H2;. The van der Waals surface area contributed by atoms with Crippen LogP contribution in [0, 0.1) is 0 Å². The van der Waals surface area contributed by atoms with Gasteiger partial charge < -0.3 is 0 Å². The minimum atomic E-state index is 0. The van der Waals surface area contributed by atoms with Crippen molar-refractivity contribution in [2.24, 2.45) is 0 Å².